The summed E-state index contributed by atoms with van der Waals surface area (Å²) in [4.78, 5) is 3.31. The van der Waals surface area contributed by atoms with E-state index in [4.69, 9.17) is 10.5 Å². The molecule has 1 atom stereocenters. The van der Waals surface area contributed by atoms with Gasteiger partial charge in [0, 0.05) is 23.1 Å². The van der Waals surface area contributed by atoms with Gasteiger partial charge in [-0.1, -0.05) is 6.42 Å². The molecule has 1 fully saturated rings. The highest BCUT2D eigenvalue weighted by Gasteiger charge is 2.27. The minimum absolute atomic E-state index is 0.157. The zero-order chi connectivity index (χ0) is 12.5. The largest absolute Gasteiger partial charge is 0.494 e. The first kappa shape index (κ1) is 11.6. The van der Waals surface area contributed by atoms with Gasteiger partial charge in [0.2, 0.25) is 0 Å². The third kappa shape index (κ3) is 1.89. The summed E-state index contributed by atoms with van der Waals surface area (Å²) in [6, 6.07) is 6.32. The molecule has 0 saturated heterocycles. The summed E-state index contributed by atoms with van der Waals surface area (Å²) in [6.45, 7) is 2.70. The number of rotatable bonds is 4. The number of aromatic nitrogens is 1. The summed E-state index contributed by atoms with van der Waals surface area (Å²) in [7, 11) is 0. The van der Waals surface area contributed by atoms with Crippen LogP contribution in [0.3, 0.4) is 0 Å². The van der Waals surface area contributed by atoms with Gasteiger partial charge in [0.25, 0.3) is 0 Å². The average Bonchev–Trinajstić information content (AvgIpc) is 2.70. The van der Waals surface area contributed by atoms with Crippen LogP contribution >= 0.6 is 0 Å². The molecule has 96 valence electrons. The van der Waals surface area contributed by atoms with Crippen LogP contribution < -0.4 is 10.5 Å². The van der Waals surface area contributed by atoms with Crippen LogP contribution in [0.25, 0.3) is 10.9 Å². The molecule has 0 spiro atoms. The minimum atomic E-state index is 0.157. The monoisotopic (exact) mass is 244 g/mol. The first-order valence-corrected chi connectivity index (χ1v) is 6.79. The topological polar surface area (TPSA) is 51.0 Å². The minimum Gasteiger partial charge on any atom is -0.494 e. The van der Waals surface area contributed by atoms with E-state index in [1.54, 1.807) is 0 Å². The third-order valence-corrected chi connectivity index (χ3v) is 4.01. The Bertz CT molecular complexity index is 542. The Morgan fingerprint density at radius 2 is 2.28 bits per heavy atom. The van der Waals surface area contributed by atoms with E-state index in [2.05, 4.69) is 23.3 Å². The van der Waals surface area contributed by atoms with Crippen molar-refractivity contribution < 1.29 is 4.74 Å². The first-order valence-electron chi connectivity index (χ1n) is 6.79. The molecule has 3 nitrogen and oxygen atoms in total. The molecule has 3 N–H and O–H groups in total. The predicted octanol–water partition coefficient (Wildman–Crippen LogP) is 3.37. The second-order valence-corrected chi connectivity index (χ2v) is 5.10. The number of hydrogen-bond donors (Lipinski definition) is 2. The molecular weight excluding hydrogens is 224 g/mol. The van der Waals surface area contributed by atoms with Crippen molar-refractivity contribution >= 4 is 10.9 Å². The van der Waals surface area contributed by atoms with Gasteiger partial charge in [-0.25, -0.2) is 0 Å². The zero-order valence-electron chi connectivity index (χ0n) is 10.8. The van der Waals surface area contributed by atoms with Gasteiger partial charge in [-0.15, -0.1) is 0 Å². The zero-order valence-corrected chi connectivity index (χ0v) is 10.8. The molecule has 1 aliphatic carbocycles. The van der Waals surface area contributed by atoms with E-state index < -0.39 is 0 Å². The summed E-state index contributed by atoms with van der Waals surface area (Å²) in [5.41, 5.74) is 8.75. The average molecular weight is 244 g/mol. The van der Waals surface area contributed by atoms with Gasteiger partial charge < -0.3 is 15.5 Å². The van der Waals surface area contributed by atoms with E-state index in [1.807, 2.05) is 13.0 Å². The lowest BCUT2D eigenvalue weighted by Crippen LogP contribution is -2.26. The summed E-state index contributed by atoms with van der Waals surface area (Å²) in [5.74, 6) is 1.58. The van der Waals surface area contributed by atoms with Crippen molar-refractivity contribution in [2.45, 2.75) is 32.2 Å². The Kier molecular flexibility index (Phi) is 3.00. The van der Waals surface area contributed by atoms with Crippen LogP contribution in [-0.4, -0.2) is 11.6 Å². The fourth-order valence-corrected chi connectivity index (χ4v) is 2.71. The molecule has 1 aromatic carbocycles. The van der Waals surface area contributed by atoms with Crippen molar-refractivity contribution in [1.29, 1.82) is 0 Å². The van der Waals surface area contributed by atoms with Crippen LogP contribution in [0.1, 0.15) is 37.8 Å². The molecule has 0 radical (unpaired) electrons. The van der Waals surface area contributed by atoms with Gasteiger partial charge in [0.05, 0.1) is 6.61 Å². The molecule has 1 unspecified atom stereocenters. The van der Waals surface area contributed by atoms with Crippen molar-refractivity contribution in [2.75, 3.05) is 6.61 Å². The van der Waals surface area contributed by atoms with Crippen LogP contribution in [0.15, 0.2) is 24.4 Å². The summed E-state index contributed by atoms with van der Waals surface area (Å²) in [6.07, 6.45) is 5.91. The lowest BCUT2D eigenvalue weighted by Gasteiger charge is -2.31. The summed E-state index contributed by atoms with van der Waals surface area (Å²) < 4.78 is 5.56. The molecule has 0 bridgehead atoms. The van der Waals surface area contributed by atoms with E-state index in [1.165, 1.54) is 30.2 Å². The maximum atomic E-state index is 6.37. The van der Waals surface area contributed by atoms with Crippen LogP contribution in [0.4, 0.5) is 0 Å². The smallest absolute Gasteiger partial charge is 0.120 e. The molecule has 0 amide bonds. The predicted molar refractivity (Wildman–Crippen MR) is 73.7 cm³/mol. The summed E-state index contributed by atoms with van der Waals surface area (Å²) in [5, 5.41) is 1.21. The quantitative estimate of drug-likeness (QED) is 0.866. The number of benzene rings is 1. The molecule has 1 aliphatic rings. The second kappa shape index (κ2) is 4.65. The van der Waals surface area contributed by atoms with Crippen molar-refractivity contribution in [3.05, 3.63) is 30.0 Å². The number of hydrogen-bond acceptors (Lipinski definition) is 2. The van der Waals surface area contributed by atoms with E-state index in [-0.39, 0.29) is 6.04 Å². The number of nitrogens with two attached hydrogens (primary N) is 1. The van der Waals surface area contributed by atoms with Crippen LogP contribution in [0.2, 0.25) is 0 Å². The molecule has 18 heavy (non-hydrogen) atoms. The van der Waals surface area contributed by atoms with E-state index in [0.29, 0.717) is 12.5 Å². The molecular formula is C15H20N2O. The van der Waals surface area contributed by atoms with Crippen LogP contribution in [0.5, 0.6) is 5.75 Å². The first-order chi connectivity index (χ1) is 8.79. The SMILES string of the molecule is CCOc1ccc2[nH]cc(C(N)C3CCC3)c2c1. The van der Waals surface area contributed by atoms with Gasteiger partial charge in [0.1, 0.15) is 5.75 Å². The summed E-state index contributed by atoms with van der Waals surface area (Å²) >= 11 is 0. The van der Waals surface area contributed by atoms with Crippen molar-refractivity contribution in [1.82, 2.24) is 4.98 Å². The lowest BCUT2D eigenvalue weighted by atomic mass is 9.77. The van der Waals surface area contributed by atoms with E-state index >= 15 is 0 Å². The number of H-pyrrole nitrogens is 1. The maximum Gasteiger partial charge on any atom is 0.120 e. The van der Waals surface area contributed by atoms with Crippen molar-refractivity contribution in [2.24, 2.45) is 11.7 Å². The van der Waals surface area contributed by atoms with E-state index in [9.17, 15) is 0 Å². The molecule has 1 aromatic heterocycles. The highest BCUT2D eigenvalue weighted by Crippen LogP contribution is 2.39. The van der Waals surface area contributed by atoms with Crippen molar-refractivity contribution in [3.63, 3.8) is 0 Å². The molecule has 3 heteroatoms. The Labute approximate surface area is 107 Å². The number of nitrogens with one attached hydrogen (secondary N) is 1. The standard InChI is InChI=1S/C15H20N2O/c1-2-18-11-6-7-14-12(8-11)13(9-17-14)15(16)10-4-3-5-10/h6-10,15,17H,2-5,16H2,1H3. The van der Waals surface area contributed by atoms with E-state index in [0.717, 1.165) is 11.3 Å². The highest BCUT2D eigenvalue weighted by atomic mass is 16.5. The van der Waals surface area contributed by atoms with Crippen LogP contribution in [0, 0.1) is 5.92 Å². The third-order valence-electron chi connectivity index (χ3n) is 4.01. The Hall–Kier alpha value is -1.48. The normalized spacial score (nSPS) is 17.7. The molecule has 2 aromatic rings. The van der Waals surface area contributed by atoms with Crippen LogP contribution in [-0.2, 0) is 0 Å². The van der Waals surface area contributed by atoms with Gasteiger partial charge >= 0.3 is 0 Å². The Morgan fingerprint density at radius 1 is 1.44 bits per heavy atom. The molecule has 3 rings (SSSR count). The fraction of sp³-hybridized carbons (Fsp3) is 0.467. The molecule has 0 aliphatic heterocycles. The second-order valence-electron chi connectivity index (χ2n) is 5.10. The van der Waals surface area contributed by atoms with Crippen molar-refractivity contribution in [3.8, 4) is 5.75 Å². The number of fused-ring (bicyclic) bond motifs is 1. The van der Waals surface area contributed by atoms with Gasteiger partial charge in [-0.05, 0) is 49.4 Å². The number of ether oxygens (including phenoxy) is 1. The lowest BCUT2D eigenvalue weighted by molar-refractivity contribution is 0.265. The molecule has 1 heterocycles. The Morgan fingerprint density at radius 3 is 2.94 bits per heavy atom. The molecule has 1 saturated carbocycles. The van der Waals surface area contributed by atoms with Gasteiger partial charge in [0.15, 0.2) is 0 Å². The number of aromatic amines is 1. The van der Waals surface area contributed by atoms with Gasteiger partial charge in [-0.3, -0.25) is 0 Å². The highest BCUT2D eigenvalue weighted by molar-refractivity contribution is 5.85. The van der Waals surface area contributed by atoms with Gasteiger partial charge in [-0.2, -0.15) is 0 Å². The fourth-order valence-electron chi connectivity index (χ4n) is 2.71. The maximum absolute atomic E-state index is 6.37. The Balaban J connectivity index is 1.97.